The summed E-state index contributed by atoms with van der Waals surface area (Å²) in [5, 5.41) is 4.89. The third kappa shape index (κ3) is 2.65. The summed E-state index contributed by atoms with van der Waals surface area (Å²) in [5.74, 6) is -1.49. The number of benzene rings is 2. The summed E-state index contributed by atoms with van der Waals surface area (Å²) in [7, 11) is 0. The van der Waals surface area contributed by atoms with Crippen LogP contribution in [0.25, 0.3) is 10.9 Å². The van der Waals surface area contributed by atoms with E-state index >= 15 is 0 Å². The Balaban J connectivity index is 1.42. The second-order valence-corrected chi connectivity index (χ2v) is 5.82. The van der Waals surface area contributed by atoms with E-state index in [1.54, 1.807) is 30.5 Å². The van der Waals surface area contributed by atoms with Gasteiger partial charge in [-0.2, -0.15) is 5.10 Å². The molecule has 4 rings (SSSR count). The van der Waals surface area contributed by atoms with Crippen LogP contribution in [0.2, 0.25) is 0 Å². The van der Waals surface area contributed by atoms with E-state index in [9.17, 15) is 14.4 Å². The number of hydrogen-bond donors (Lipinski definition) is 2. The van der Waals surface area contributed by atoms with Crippen molar-refractivity contribution in [3.63, 3.8) is 0 Å². The van der Waals surface area contributed by atoms with Gasteiger partial charge in [0.05, 0.1) is 17.3 Å². The van der Waals surface area contributed by atoms with E-state index in [4.69, 9.17) is 0 Å². The highest BCUT2D eigenvalue weighted by Crippen LogP contribution is 2.21. The first-order valence-electron chi connectivity index (χ1n) is 7.98. The Bertz CT molecular complexity index is 1030. The third-order valence-electron chi connectivity index (χ3n) is 4.19. The van der Waals surface area contributed by atoms with Gasteiger partial charge in [-0.05, 0) is 18.2 Å². The average molecular weight is 346 g/mol. The van der Waals surface area contributed by atoms with Crippen molar-refractivity contribution in [1.82, 2.24) is 15.3 Å². The van der Waals surface area contributed by atoms with E-state index in [-0.39, 0.29) is 6.54 Å². The normalized spacial score (nSPS) is 13.6. The van der Waals surface area contributed by atoms with Crippen LogP contribution in [0.4, 0.5) is 0 Å². The van der Waals surface area contributed by atoms with Crippen molar-refractivity contribution in [3.8, 4) is 0 Å². The van der Waals surface area contributed by atoms with Crippen LogP contribution < -0.4 is 5.43 Å². The number of para-hydroxylation sites is 1. The number of aromatic amines is 1. The van der Waals surface area contributed by atoms with E-state index in [0.29, 0.717) is 11.1 Å². The lowest BCUT2D eigenvalue weighted by Crippen LogP contribution is -2.38. The molecular weight excluding hydrogens is 332 g/mol. The highest BCUT2D eigenvalue weighted by atomic mass is 16.2. The number of hydrazone groups is 1. The van der Waals surface area contributed by atoms with E-state index in [2.05, 4.69) is 15.5 Å². The molecule has 0 spiro atoms. The fraction of sp³-hybridized carbons (Fsp3) is 0.0526. The minimum absolute atomic E-state index is 0.313. The molecule has 7 heteroatoms. The van der Waals surface area contributed by atoms with E-state index < -0.39 is 17.7 Å². The van der Waals surface area contributed by atoms with Gasteiger partial charge in [0.2, 0.25) is 0 Å². The van der Waals surface area contributed by atoms with Crippen LogP contribution in [-0.4, -0.2) is 40.4 Å². The molecule has 0 saturated heterocycles. The molecule has 2 N–H and O–H groups in total. The summed E-state index contributed by atoms with van der Waals surface area (Å²) < 4.78 is 0. The quantitative estimate of drug-likeness (QED) is 0.429. The van der Waals surface area contributed by atoms with Crippen molar-refractivity contribution in [1.29, 1.82) is 0 Å². The number of aromatic nitrogens is 1. The molecule has 0 unspecified atom stereocenters. The summed E-state index contributed by atoms with van der Waals surface area (Å²) >= 11 is 0. The lowest BCUT2D eigenvalue weighted by molar-refractivity contribution is -0.121. The smallest absolute Gasteiger partial charge is 0.262 e. The number of H-pyrrole nitrogens is 1. The molecule has 3 amide bonds. The minimum Gasteiger partial charge on any atom is -0.361 e. The van der Waals surface area contributed by atoms with E-state index in [0.717, 1.165) is 21.4 Å². The number of carbonyl (C=O) groups excluding carboxylic acids is 3. The lowest BCUT2D eigenvalue weighted by Gasteiger charge is -2.11. The van der Waals surface area contributed by atoms with Gasteiger partial charge in [-0.25, -0.2) is 5.43 Å². The zero-order chi connectivity index (χ0) is 18.1. The summed E-state index contributed by atoms with van der Waals surface area (Å²) in [5.41, 5.74) is 4.76. The monoisotopic (exact) mass is 346 g/mol. The fourth-order valence-electron chi connectivity index (χ4n) is 2.94. The molecule has 0 atom stereocenters. The molecule has 0 aliphatic carbocycles. The largest absolute Gasteiger partial charge is 0.361 e. The van der Waals surface area contributed by atoms with Gasteiger partial charge in [0.25, 0.3) is 17.7 Å². The zero-order valence-corrected chi connectivity index (χ0v) is 13.6. The zero-order valence-electron chi connectivity index (χ0n) is 13.6. The van der Waals surface area contributed by atoms with Crippen LogP contribution in [0.5, 0.6) is 0 Å². The molecular formula is C19H14N4O3. The molecule has 0 fully saturated rings. The van der Waals surface area contributed by atoms with Crippen molar-refractivity contribution >= 4 is 34.8 Å². The van der Waals surface area contributed by atoms with Gasteiger partial charge in [0.1, 0.15) is 6.54 Å². The molecule has 128 valence electrons. The number of nitrogens with zero attached hydrogens (tertiary/aromatic N) is 2. The van der Waals surface area contributed by atoms with Gasteiger partial charge in [-0.1, -0.05) is 30.3 Å². The van der Waals surface area contributed by atoms with Gasteiger partial charge in [-0.15, -0.1) is 0 Å². The number of carbonyl (C=O) groups is 3. The molecule has 0 radical (unpaired) electrons. The van der Waals surface area contributed by atoms with Crippen LogP contribution in [0, 0.1) is 0 Å². The lowest BCUT2D eigenvalue weighted by atomic mass is 10.1. The van der Waals surface area contributed by atoms with Gasteiger partial charge >= 0.3 is 0 Å². The van der Waals surface area contributed by atoms with Gasteiger partial charge in [0, 0.05) is 22.7 Å². The molecule has 1 aliphatic rings. The number of amides is 3. The highest BCUT2D eigenvalue weighted by Gasteiger charge is 2.36. The second-order valence-electron chi connectivity index (χ2n) is 5.82. The van der Waals surface area contributed by atoms with Crippen molar-refractivity contribution < 1.29 is 14.4 Å². The summed E-state index contributed by atoms with van der Waals surface area (Å²) in [4.78, 5) is 40.5. The summed E-state index contributed by atoms with van der Waals surface area (Å²) in [6.07, 6.45) is 3.30. The van der Waals surface area contributed by atoms with Crippen molar-refractivity contribution in [2.75, 3.05) is 6.54 Å². The Hall–Kier alpha value is -3.74. The molecule has 2 aromatic carbocycles. The minimum atomic E-state index is -0.546. The number of fused-ring (bicyclic) bond motifs is 2. The maximum atomic E-state index is 12.2. The van der Waals surface area contributed by atoms with Crippen LogP contribution in [0.1, 0.15) is 26.3 Å². The van der Waals surface area contributed by atoms with Crippen LogP contribution >= 0.6 is 0 Å². The molecule has 0 bridgehead atoms. The molecule has 26 heavy (non-hydrogen) atoms. The maximum absolute atomic E-state index is 12.2. The Morgan fingerprint density at radius 2 is 1.69 bits per heavy atom. The highest BCUT2D eigenvalue weighted by molar-refractivity contribution is 6.22. The van der Waals surface area contributed by atoms with Gasteiger partial charge in [0.15, 0.2) is 0 Å². The van der Waals surface area contributed by atoms with E-state index in [1.807, 2.05) is 24.3 Å². The summed E-state index contributed by atoms with van der Waals surface area (Å²) in [6, 6.07) is 14.2. The Morgan fingerprint density at radius 1 is 1.04 bits per heavy atom. The number of nitrogens with one attached hydrogen (secondary N) is 2. The number of imide groups is 1. The van der Waals surface area contributed by atoms with Gasteiger partial charge in [-0.3, -0.25) is 19.3 Å². The van der Waals surface area contributed by atoms with Gasteiger partial charge < -0.3 is 4.98 Å². The SMILES string of the molecule is O=C(CN1C(=O)c2ccccc2C1=O)NN=Cc1c[nH]c2ccccc12. The molecule has 1 aliphatic heterocycles. The predicted octanol–water partition coefficient (Wildman–Crippen LogP) is 1.91. The predicted molar refractivity (Wildman–Crippen MR) is 95.8 cm³/mol. The van der Waals surface area contributed by atoms with Crippen LogP contribution in [-0.2, 0) is 4.79 Å². The van der Waals surface area contributed by atoms with Crippen molar-refractivity contribution in [3.05, 3.63) is 71.4 Å². The third-order valence-corrected chi connectivity index (χ3v) is 4.19. The maximum Gasteiger partial charge on any atom is 0.262 e. The molecule has 1 aromatic heterocycles. The Morgan fingerprint density at radius 3 is 2.42 bits per heavy atom. The molecule has 2 heterocycles. The summed E-state index contributed by atoms with van der Waals surface area (Å²) in [6.45, 7) is -0.377. The van der Waals surface area contributed by atoms with Crippen molar-refractivity contribution in [2.24, 2.45) is 5.10 Å². The Labute approximate surface area is 148 Å². The van der Waals surface area contributed by atoms with Crippen LogP contribution in [0.15, 0.2) is 59.8 Å². The first-order valence-corrected chi connectivity index (χ1v) is 7.98. The topological polar surface area (TPSA) is 94.6 Å². The first kappa shape index (κ1) is 15.8. The average Bonchev–Trinajstić information content (AvgIpc) is 3.17. The molecule has 0 saturated carbocycles. The van der Waals surface area contributed by atoms with Crippen molar-refractivity contribution in [2.45, 2.75) is 0 Å². The molecule has 7 nitrogen and oxygen atoms in total. The first-order chi connectivity index (χ1) is 12.6. The number of rotatable bonds is 4. The van der Waals surface area contributed by atoms with E-state index in [1.165, 1.54) is 6.21 Å². The Kier molecular flexibility index (Phi) is 3.81. The van der Waals surface area contributed by atoms with Crippen LogP contribution in [0.3, 0.4) is 0 Å². The number of hydrogen-bond acceptors (Lipinski definition) is 4. The standard InChI is InChI=1S/C19H14N4O3/c24-17(11-23-18(25)14-6-1-2-7-15(14)19(23)26)22-21-10-12-9-20-16-8-4-3-5-13(12)16/h1-10,20H,11H2,(H,22,24). The molecule has 3 aromatic rings. The fourth-order valence-corrected chi connectivity index (χ4v) is 2.94. The second kappa shape index (κ2) is 6.29.